The van der Waals surface area contributed by atoms with Crippen LogP contribution in [0.2, 0.25) is 0 Å². The smallest absolute Gasteiger partial charge is 0.305 e. The van der Waals surface area contributed by atoms with Crippen LogP contribution >= 0.6 is 0 Å². The number of hydrogen-bond donors (Lipinski definition) is 2. The van der Waals surface area contributed by atoms with Crippen LogP contribution in [-0.4, -0.2) is 23.0 Å². The number of rotatable bonds is 7. The molecule has 0 fully saturated rings. The van der Waals surface area contributed by atoms with Gasteiger partial charge in [-0.1, -0.05) is 20.3 Å². The second-order valence-electron chi connectivity index (χ2n) is 4.18. The first-order chi connectivity index (χ1) is 8.56. The standard InChI is InChI=1S/C13H19NO4/c1-3-5-9(8-12(15)16)14-13(17)11-7-6-10(4-2)18-11/h6-7,9H,3-5,8H2,1-2H3,(H,14,17)(H,15,16). The van der Waals surface area contributed by atoms with E-state index >= 15 is 0 Å². The number of nitrogens with one attached hydrogen (secondary N) is 1. The summed E-state index contributed by atoms with van der Waals surface area (Å²) in [4.78, 5) is 22.5. The van der Waals surface area contributed by atoms with Gasteiger partial charge < -0.3 is 14.8 Å². The molecule has 0 aliphatic heterocycles. The van der Waals surface area contributed by atoms with Crippen LogP contribution in [0.3, 0.4) is 0 Å². The highest BCUT2D eigenvalue weighted by Crippen LogP contribution is 2.10. The summed E-state index contributed by atoms with van der Waals surface area (Å²) >= 11 is 0. The molecule has 2 N–H and O–H groups in total. The molecule has 1 atom stereocenters. The zero-order chi connectivity index (χ0) is 13.5. The summed E-state index contributed by atoms with van der Waals surface area (Å²) in [5, 5.41) is 11.5. The van der Waals surface area contributed by atoms with Crippen molar-refractivity contribution in [2.24, 2.45) is 0 Å². The molecule has 0 radical (unpaired) electrons. The Morgan fingerprint density at radius 3 is 2.61 bits per heavy atom. The van der Waals surface area contributed by atoms with Gasteiger partial charge in [0.25, 0.3) is 5.91 Å². The Kier molecular flexibility index (Phi) is 5.42. The highest BCUT2D eigenvalue weighted by Gasteiger charge is 2.18. The van der Waals surface area contributed by atoms with E-state index in [-0.39, 0.29) is 24.1 Å². The molecule has 0 bridgehead atoms. The molecule has 0 aromatic carbocycles. The normalized spacial score (nSPS) is 12.1. The Morgan fingerprint density at radius 1 is 1.39 bits per heavy atom. The van der Waals surface area contributed by atoms with Crippen LogP contribution in [0.25, 0.3) is 0 Å². The first-order valence-electron chi connectivity index (χ1n) is 6.18. The van der Waals surface area contributed by atoms with Crippen molar-refractivity contribution in [3.8, 4) is 0 Å². The van der Waals surface area contributed by atoms with Crippen molar-refractivity contribution in [2.75, 3.05) is 0 Å². The van der Waals surface area contributed by atoms with Gasteiger partial charge in [0.1, 0.15) is 5.76 Å². The average Bonchev–Trinajstić information content (AvgIpc) is 2.76. The van der Waals surface area contributed by atoms with Crippen LogP contribution in [0.5, 0.6) is 0 Å². The van der Waals surface area contributed by atoms with E-state index in [0.29, 0.717) is 6.42 Å². The number of amides is 1. The van der Waals surface area contributed by atoms with Gasteiger partial charge >= 0.3 is 5.97 Å². The number of carbonyl (C=O) groups is 2. The first kappa shape index (κ1) is 14.3. The van der Waals surface area contributed by atoms with E-state index in [9.17, 15) is 9.59 Å². The fourth-order valence-electron chi connectivity index (χ4n) is 1.73. The molecular formula is C13H19NO4. The molecule has 1 heterocycles. The van der Waals surface area contributed by atoms with E-state index in [1.165, 1.54) is 0 Å². The van der Waals surface area contributed by atoms with Gasteiger partial charge in [-0.05, 0) is 18.6 Å². The molecule has 1 unspecified atom stereocenters. The van der Waals surface area contributed by atoms with Crippen molar-refractivity contribution in [1.29, 1.82) is 0 Å². The van der Waals surface area contributed by atoms with Crippen LogP contribution in [0.4, 0.5) is 0 Å². The Balaban J connectivity index is 2.62. The highest BCUT2D eigenvalue weighted by atomic mass is 16.4. The Hall–Kier alpha value is -1.78. The zero-order valence-electron chi connectivity index (χ0n) is 10.7. The number of carbonyl (C=O) groups excluding carboxylic acids is 1. The predicted molar refractivity (Wildman–Crippen MR) is 66.5 cm³/mol. The number of carboxylic acids is 1. The molecule has 18 heavy (non-hydrogen) atoms. The van der Waals surface area contributed by atoms with E-state index in [2.05, 4.69) is 5.32 Å². The minimum atomic E-state index is -0.914. The lowest BCUT2D eigenvalue weighted by atomic mass is 10.1. The lowest BCUT2D eigenvalue weighted by molar-refractivity contribution is -0.137. The van der Waals surface area contributed by atoms with Gasteiger partial charge in [-0.15, -0.1) is 0 Å². The van der Waals surface area contributed by atoms with Crippen LogP contribution in [0, 0.1) is 0 Å². The molecule has 0 saturated heterocycles. The maximum absolute atomic E-state index is 11.8. The molecule has 100 valence electrons. The lowest BCUT2D eigenvalue weighted by Gasteiger charge is -2.14. The third-order valence-electron chi connectivity index (χ3n) is 2.63. The molecule has 5 heteroatoms. The minimum absolute atomic E-state index is 0.0685. The summed E-state index contributed by atoms with van der Waals surface area (Å²) in [6.07, 6.45) is 2.11. The van der Waals surface area contributed by atoms with Crippen LogP contribution in [0.1, 0.15) is 49.4 Å². The summed E-state index contributed by atoms with van der Waals surface area (Å²) in [5.74, 6) is -0.291. The highest BCUT2D eigenvalue weighted by molar-refractivity contribution is 5.91. The average molecular weight is 253 g/mol. The maximum atomic E-state index is 11.8. The van der Waals surface area contributed by atoms with Crippen molar-refractivity contribution in [3.05, 3.63) is 23.7 Å². The molecule has 0 saturated carbocycles. The molecule has 1 amide bonds. The van der Waals surface area contributed by atoms with Crippen molar-refractivity contribution in [3.63, 3.8) is 0 Å². The molecule has 0 aliphatic rings. The summed E-state index contributed by atoms with van der Waals surface area (Å²) in [5.41, 5.74) is 0. The van der Waals surface area contributed by atoms with Gasteiger partial charge in [-0.2, -0.15) is 0 Å². The summed E-state index contributed by atoms with van der Waals surface area (Å²) in [7, 11) is 0. The van der Waals surface area contributed by atoms with Gasteiger partial charge in [0.15, 0.2) is 5.76 Å². The van der Waals surface area contributed by atoms with Gasteiger partial charge in [0.2, 0.25) is 0 Å². The Labute approximate surface area is 106 Å². The zero-order valence-corrected chi connectivity index (χ0v) is 10.7. The molecule has 1 aromatic rings. The largest absolute Gasteiger partial charge is 0.481 e. The van der Waals surface area contributed by atoms with E-state index in [4.69, 9.17) is 9.52 Å². The summed E-state index contributed by atoms with van der Waals surface area (Å²) in [6.45, 7) is 3.88. The van der Waals surface area contributed by atoms with Gasteiger partial charge in [0, 0.05) is 12.5 Å². The van der Waals surface area contributed by atoms with E-state index in [1.807, 2.05) is 13.8 Å². The second kappa shape index (κ2) is 6.83. The number of aliphatic carboxylic acids is 1. The van der Waals surface area contributed by atoms with E-state index in [0.717, 1.165) is 18.6 Å². The van der Waals surface area contributed by atoms with Crippen molar-refractivity contribution >= 4 is 11.9 Å². The molecule has 0 spiro atoms. The predicted octanol–water partition coefficient (Wildman–Crippen LogP) is 2.22. The molecule has 0 aliphatic carbocycles. The Morgan fingerprint density at radius 2 is 2.11 bits per heavy atom. The molecular weight excluding hydrogens is 234 g/mol. The molecule has 1 aromatic heterocycles. The lowest BCUT2D eigenvalue weighted by Crippen LogP contribution is -2.36. The quantitative estimate of drug-likeness (QED) is 0.780. The van der Waals surface area contributed by atoms with Crippen LogP contribution in [-0.2, 0) is 11.2 Å². The van der Waals surface area contributed by atoms with Crippen molar-refractivity contribution < 1.29 is 19.1 Å². The monoisotopic (exact) mass is 253 g/mol. The Bertz CT molecular complexity index is 411. The van der Waals surface area contributed by atoms with Crippen molar-refractivity contribution in [1.82, 2.24) is 5.32 Å². The van der Waals surface area contributed by atoms with Gasteiger partial charge in [-0.25, -0.2) is 0 Å². The van der Waals surface area contributed by atoms with Crippen molar-refractivity contribution in [2.45, 2.75) is 45.6 Å². The first-order valence-corrected chi connectivity index (χ1v) is 6.18. The molecule has 1 rings (SSSR count). The minimum Gasteiger partial charge on any atom is -0.481 e. The van der Waals surface area contributed by atoms with Gasteiger partial charge in [-0.3, -0.25) is 9.59 Å². The van der Waals surface area contributed by atoms with Crippen LogP contribution < -0.4 is 5.32 Å². The maximum Gasteiger partial charge on any atom is 0.305 e. The summed E-state index contributed by atoms with van der Waals surface area (Å²) < 4.78 is 5.32. The topological polar surface area (TPSA) is 79.5 Å². The summed E-state index contributed by atoms with van der Waals surface area (Å²) in [6, 6.07) is 3.01. The fourth-order valence-corrected chi connectivity index (χ4v) is 1.73. The third-order valence-corrected chi connectivity index (χ3v) is 2.63. The van der Waals surface area contributed by atoms with Crippen LogP contribution in [0.15, 0.2) is 16.5 Å². The van der Waals surface area contributed by atoms with Gasteiger partial charge in [0.05, 0.1) is 6.42 Å². The third kappa shape index (κ3) is 4.24. The number of hydrogen-bond acceptors (Lipinski definition) is 3. The fraction of sp³-hybridized carbons (Fsp3) is 0.538. The number of furan rings is 1. The molecule has 5 nitrogen and oxygen atoms in total. The number of aryl methyl sites for hydroxylation is 1. The van der Waals surface area contributed by atoms with E-state index < -0.39 is 5.97 Å². The van der Waals surface area contributed by atoms with E-state index in [1.54, 1.807) is 12.1 Å². The SMILES string of the molecule is CCCC(CC(=O)O)NC(=O)c1ccc(CC)o1. The number of carboxylic acid groups (broad SMARTS) is 1. The second-order valence-corrected chi connectivity index (χ2v) is 4.18.